The molecular formula is C12H14ClFN2O. The highest BCUT2D eigenvalue weighted by atomic mass is 35.5. The van der Waals surface area contributed by atoms with Gasteiger partial charge in [0.05, 0.1) is 0 Å². The van der Waals surface area contributed by atoms with E-state index in [1.165, 1.54) is 12.1 Å². The molecule has 2 aliphatic rings. The van der Waals surface area contributed by atoms with Crippen molar-refractivity contribution in [2.45, 2.75) is 19.0 Å². The van der Waals surface area contributed by atoms with Gasteiger partial charge in [-0.05, 0) is 30.7 Å². The third-order valence-electron chi connectivity index (χ3n) is 3.38. The van der Waals surface area contributed by atoms with Crippen LogP contribution in [0, 0.1) is 5.82 Å². The lowest BCUT2D eigenvalue weighted by Crippen LogP contribution is -2.36. The quantitative estimate of drug-likeness (QED) is 0.827. The Morgan fingerprint density at radius 2 is 2.24 bits per heavy atom. The molecule has 17 heavy (non-hydrogen) atoms. The fraction of sp³-hybridized carbons (Fsp3) is 0.417. The van der Waals surface area contributed by atoms with Crippen LogP contribution in [-0.4, -0.2) is 29.9 Å². The van der Waals surface area contributed by atoms with Gasteiger partial charge in [0.2, 0.25) is 0 Å². The van der Waals surface area contributed by atoms with E-state index in [1.54, 1.807) is 6.07 Å². The van der Waals surface area contributed by atoms with E-state index >= 15 is 0 Å². The number of nitrogens with zero attached hydrogens (tertiary/aromatic N) is 1. The number of rotatable bonds is 1. The maximum Gasteiger partial charge on any atom is 0.254 e. The average molecular weight is 257 g/mol. The van der Waals surface area contributed by atoms with Crippen LogP contribution in [0.4, 0.5) is 4.39 Å². The monoisotopic (exact) mass is 256 g/mol. The van der Waals surface area contributed by atoms with Crippen LogP contribution >= 0.6 is 12.4 Å². The minimum absolute atomic E-state index is 0. The fourth-order valence-corrected chi connectivity index (χ4v) is 2.50. The van der Waals surface area contributed by atoms with Crippen LogP contribution in [0.2, 0.25) is 0 Å². The van der Waals surface area contributed by atoms with E-state index in [1.807, 2.05) is 4.90 Å². The van der Waals surface area contributed by atoms with Crippen molar-refractivity contribution in [3.8, 4) is 0 Å². The number of fused-ring (bicyclic) bond motifs is 1. The molecular weight excluding hydrogens is 243 g/mol. The molecule has 3 nitrogen and oxygen atoms in total. The summed E-state index contributed by atoms with van der Waals surface area (Å²) in [7, 11) is 0. The lowest BCUT2D eigenvalue weighted by Gasteiger charge is -2.22. The van der Waals surface area contributed by atoms with Crippen molar-refractivity contribution in [3.63, 3.8) is 0 Å². The van der Waals surface area contributed by atoms with Gasteiger partial charge in [0.1, 0.15) is 5.82 Å². The molecule has 92 valence electrons. The van der Waals surface area contributed by atoms with Gasteiger partial charge in [-0.3, -0.25) is 4.79 Å². The lowest BCUT2D eigenvalue weighted by molar-refractivity contribution is 0.0717. The average Bonchev–Trinajstić information content (AvgIpc) is 2.87. The zero-order valence-corrected chi connectivity index (χ0v) is 10.1. The van der Waals surface area contributed by atoms with Crippen LogP contribution < -0.4 is 5.32 Å². The van der Waals surface area contributed by atoms with Crippen LogP contribution in [-0.2, 0) is 6.54 Å². The number of hydrogen-bond acceptors (Lipinski definition) is 2. The van der Waals surface area contributed by atoms with Gasteiger partial charge in [0.15, 0.2) is 0 Å². The van der Waals surface area contributed by atoms with E-state index in [9.17, 15) is 9.18 Å². The third-order valence-corrected chi connectivity index (χ3v) is 3.38. The second-order valence-corrected chi connectivity index (χ2v) is 4.38. The molecule has 1 N–H and O–H groups in total. The summed E-state index contributed by atoms with van der Waals surface area (Å²) >= 11 is 0. The van der Waals surface area contributed by atoms with Crippen LogP contribution in [0.15, 0.2) is 18.2 Å². The van der Waals surface area contributed by atoms with Crippen molar-refractivity contribution in [3.05, 3.63) is 35.1 Å². The molecule has 0 bridgehead atoms. The summed E-state index contributed by atoms with van der Waals surface area (Å²) in [4.78, 5) is 13.9. The molecule has 1 saturated heterocycles. The molecule has 1 unspecified atom stereocenters. The maximum absolute atomic E-state index is 13.1. The first kappa shape index (κ1) is 12.3. The largest absolute Gasteiger partial charge is 0.330 e. The summed E-state index contributed by atoms with van der Waals surface area (Å²) in [6.07, 6.45) is 0.988. The minimum atomic E-state index is -0.335. The highest BCUT2D eigenvalue weighted by Gasteiger charge is 2.33. The molecule has 1 fully saturated rings. The first-order valence-corrected chi connectivity index (χ1v) is 5.56. The SMILES string of the molecule is Cl.O=C1c2cc(F)ccc2CN1C1CCNC1. The van der Waals surface area contributed by atoms with Crippen LogP contribution in [0.1, 0.15) is 22.3 Å². The van der Waals surface area contributed by atoms with Crippen molar-refractivity contribution >= 4 is 18.3 Å². The molecule has 1 aromatic rings. The van der Waals surface area contributed by atoms with Gasteiger partial charge in [-0.25, -0.2) is 4.39 Å². The van der Waals surface area contributed by atoms with Gasteiger partial charge in [0.25, 0.3) is 5.91 Å². The van der Waals surface area contributed by atoms with E-state index in [2.05, 4.69) is 5.32 Å². The predicted octanol–water partition coefficient (Wildman–Crippen LogP) is 1.57. The molecule has 2 aliphatic heterocycles. The molecule has 1 amide bonds. The molecule has 0 radical (unpaired) electrons. The zero-order valence-electron chi connectivity index (χ0n) is 9.28. The van der Waals surface area contributed by atoms with Crippen molar-refractivity contribution in [2.75, 3.05) is 13.1 Å². The van der Waals surface area contributed by atoms with E-state index in [0.29, 0.717) is 12.1 Å². The van der Waals surface area contributed by atoms with E-state index < -0.39 is 0 Å². The molecule has 0 saturated carbocycles. The molecule has 1 aromatic carbocycles. The summed E-state index contributed by atoms with van der Waals surface area (Å²) in [5.41, 5.74) is 1.48. The predicted molar refractivity (Wildman–Crippen MR) is 64.8 cm³/mol. The Morgan fingerprint density at radius 1 is 1.41 bits per heavy atom. The zero-order chi connectivity index (χ0) is 11.1. The maximum atomic E-state index is 13.1. The fourth-order valence-electron chi connectivity index (χ4n) is 2.50. The second kappa shape index (κ2) is 4.63. The summed E-state index contributed by atoms with van der Waals surface area (Å²) in [6, 6.07) is 4.75. The summed E-state index contributed by atoms with van der Waals surface area (Å²) in [5, 5.41) is 3.24. The molecule has 0 aromatic heterocycles. The molecule has 5 heteroatoms. The van der Waals surface area contributed by atoms with Gasteiger partial charge < -0.3 is 10.2 Å². The van der Waals surface area contributed by atoms with Gasteiger partial charge >= 0.3 is 0 Å². The number of carbonyl (C=O) groups is 1. The first-order valence-electron chi connectivity index (χ1n) is 5.56. The van der Waals surface area contributed by atoms with E-state index in [4.69, 9.17) is 0 Å². The Morgan fingerprint density at radius 3 is 2.94 bits per heavy atom. The lowest BCUT2D eigenvalue weighted by atomic mass is 10.1. The Balaban J connectivity index is 0.00000108. The van der Waals surface area contributed by atoms with Crippen molar-refractivity contribution in [1.29, 1.82) is 0 Å². The molecule has 3 rings (SSSR count). The van der Waals surface area contributed by atoms with Crippen LogP contribution in [0.25, 0.3) is 0 Å². The van der Waals surface area contributed by atoms with Gasteiger partial charge in [-0.1, -0.05) is 6.07 Å². The second-order valence-electron chi connectivity index (χ2n) is 4.38. The molecule has 1 atom stereocenters. The summed E-state index contributed by atoms with van der Waals surface area (Å²) in [5.74, 6) is -0.360. The van der Waals surface area contributed by atoms with Gasteiger partial charge in [-0.15, -0.1) is 12.4 Å². The highest BCUT2D eigenvalue weighted by molar-refractivity contribution is 5.98. The van der Waals surface area contributed by atoms with Crippen LogP contribution in [0.5, 0.6) is 0 Å². The summed E-state index contributed by atoms with van der Waals surface area (Å²) in [6.45, 7) is 2.43. The molecule has 0 spiro atoms. The number of carbonyl (C=O) groups excluding carboxylic acids is 1. The third kappa shape index (κ3) is 2.03. The normalized spacial score (nSPS) is 22.5. The Bertz CT molecular complexity index is 446. The topological polar surface area (TPSA) is 32.3 Å². The molecule has 0 aliphatic carbocycles. The van der Waals surface area contributed by atoms with Gasteiger partial charge in [-0.2, -0.15) is 0 Å². The van der Waals surface area contributed by atoms with Gasteiger partial charge in [0, 0.05) is 24.7 Å². The van der Waals surface area contributed by atoms with E-state index in [-0.39, 0.29) is 30.2 Å². The highest BCUT2D eigenvalue weighted by Crippen LogP contribution is 2.26. The number of halogens is 2. The first-order chi connectivity index (χ1) is 7.75. The number of benzene rings is 1. The van der Waals surface area contributed by atoms with Crippen LogP contribution in [0.3, 0.4) is 0 Å². The Hall–Kier alpha value is -1.13. The van der Waals surface area contributed by atoms with Crippen molar-refractivity contribution < 1.29 is 9.18 Å². The number of amides is 1. The Labute approximate surface area is 105 Å². The number of hydrogen-bond donors (Lipinski definition) is 1. The summed E-state index contributed by atoms with van der Waals surface area (Å²) < 4.78 is 13.1. The minimum Gasteiger partial charge on any atom is -0.330 e. The standard InChI is InChI=1S/C12H13FN2O.ClH/c13-9-2-1-8-7-15(10-3-4-14-6-10)12(16)11(8)5-9;/h1-2,5,10,14H,3-4,6-7H2;1H. The van der Waals surface area contributed by atoms with E-state index in [0.717, 1.165) is 25.1 Å². The Kier molecular flexibility index (Phi) is 3.35. The van der Waals surface area contributed by atoms with Crippen molar-refractivity contribution in [2.24, 2.45) is 0 Å². The van der Waals surface area contributed by atoms with Crippen molar-refractivity contribution in [1.82, 2.24) is 10.2 Å². The smallest absolute Gasteiger partial charge is 0.254 e. The number of nitrogens with one attached hydrogen (secondary N) is 1. The molecule has 2 heterocycles.